The van der Waals surface area contributed by atoms with Crippen LogP contribution < -0.4 is 10.2 Å². The summed E-state index contributed by atoms with van der Waals surface area (Å²) in [5.74, 6) is 0. The normalized spacial score (nSPS) is 11.7. The second kappa shape index (κ2) is 8.28. The summed E-state index contributed by atoms with van der Waals surface area (Å²) in [5, 5.41) is 12.8. The fourth-order valence-electron chi connectivity index (χ4n) is 2.15. The molecule has 0 aliphatic rings. The Hall–Kier alpha value is -1.06. The van der Waals surface area contributed by atoms with Crippen LogP contribution in [0.5, 0.6) is 0 Å². The van der Waals surface area contributed by atoms with E-state index in [1.807, 2.05) is 0 Å². The topological polar surface area (TPSA) is 35.5 Å². The van der Waals surface area contributed by atoms with Gasteiger partial charge in [0, 0.05) is 30.9 Å². The van der Waals surface area contributed by atoms with Gasteiger partial charge in [0.2, 0.25) is 0 Å². The maximum Gasteiger partial charge on any atom is 0.0606 e. The first-order valence-electron chi connectivity index (χ1n) is 7.66. The SMILES string of the molecule is CCCCN(CCO)c1ccccc1CNC(C)(C)C. The Labute approximate surface area is 124 Å². The van der Waals surface area contributed by atoms with Crippen molar-refractivity contribution in [3.8, 4) is 0 Å². The molecule has 1 aromatic carbocycles. The van der Waals surface area contributed by atoms with E-state index in [0.717, 1.165) is 19.5 Å². The highest BCUT2D eigenvalue weighted by atomic mass is 16.3. The molecule has 0 unspecified atom stereocenters. The number of nitrogens with one attached hydrogen (secondary N) is 1. The molecule has 114 valence electrons. The van der Waals surface area contributed by atoms with Crippen LogP contribution >= 0.6 is 0 Å². The molecule has 2 N–H and O–H groups in total. The minimum absolute atomic E-state index is 0.109. The van der Waals surface area contributed by atoms with Gasteiger partial charge in [0.25, 0.3) is 0 Å². The van der Waals surface area contributed by atoms with Crippen molar-refractivity contribution in [2.75, 3.05) is 24.6 Å². The van der Waals surface area contributed by atoms with Crippen molar-refractivity contribution in [1.82, 2.24) is 5.32 Å². The first-order valence-corrected chi connectivity index (χ1v) is 7.66. The van der Waals surface area contributed by atoms with E-state index >= 15 is 0 Å². The summed E-state index contributed by atoms with van der Waals surface area (Å²) < 4.78 is 0. The Morgan fingerprint density at radius 2 is 1.85 bits per heavy atom. The quantitative estimate of drug-likeness (QED) is 0.766. The van der Waals surface area contributed by atoms with E-state index < -0.39 is 0 Å². The van der Waals surface area contributed by atoms with Crippen LogP contribution in [-0.4, -0.2) is 30.3 Å². The lowest BCUT2D eigenvalue weighted by Gasteiger charge is -2.28. The summed E-state index contributed by atoms with van der Waals surface area (Å²) >= 11 is 0. The zero-order valence-electron chi connectivity index (χ0n) is 13.4. The number of para-hydroxylation sites is 1. The van der Waals surface area contributed by atoms with Crippen LogP contribution in [0.15, 0.2) is 24.3 Å². The molecule has 3 nitrogen and oxygen atoms in total. The van der Waals surface area contributed by atoms with Crippen molar-refractivity contribution >= 4 is 5.69 Å². The Kier molecular flexibility index (Phi) is 7.03. The number of aliphatic hydroxyl groups is 1. The summed E-state index contributed by atoms with van der Waals surface area (Å²) in [4.78, 5) is 2.29. The zero-order valence-corrected chi connectivity index (χ0v) is 13.4. The van der Waals surface area contributed by atoms with E-state index in [4.69, 9.17) is 0 Å². The lowest BCUT2D eigenvalue weighted by atomic mass is 10.1. The van der Waals surface area contributed by atoms with Crippen LogP contribution in [0.4, 0.5) is 5.69 Å². The molecular formula is C17H30N2O. The molecule has 3 heteroatoms. The van der Waals surface area contributed by atoms with Crippen LogP contribution in [0.3, 0.4) is 0 Å². The number of nitrogens with zero attached hydrogens (tertiary/aromatic N) is 1. The van der Waals surface area contributed by atoms with Crippen molar-refractivity contribution in [1.29, 1.82) is 0 Å². The molecule has 0 bridgehead atoms. The van der Waals surface area contributed by atoms with Gasteiger partial charge in [-0.05, 0) is 38.8 Å². The average Bonchev–Trinajstić information content (AvgIpc) is 2.41. The molecule has 0 heterocycles. The molecule has 0 aliphatic heterocycles. The predicted molar refractivity (Wildman–Crippen MR) is 87.2 cm³/mol. The summed E-state index contributed by atoms with van der Waals surface area (Å²) in [6, 6.07) is 8.49. The lowest BCUT2D eigenvalue weighted by Crippen LogP contribution is -2.36. The van der Waals surface area contributed by atoms with Gasteiger partial charge in [-0.15, -0.1) is 0 Å². The van der Waals surface area contributed by atoms with Crippen LogP contribution in [0.1, 0.15) is 46.1 Å². The molecule has 1 rings (SSSR count). The van der Waals surface area contributed by atoms with Gasteiger partial charge in [-0.2, -0.15) is 0 Å². The molecule has 0 aromatic heterocycles. The predicted octanol–water partition coefficient (Wildman–Crippen LogP) is 3.17. The highest BCUT2D eigenvalue weighted by Gasteiger charge is 2.13. The van der Waals surface area contributed by atoms with Crippen LogP contribution in [0.25, 0.3) is 0 Å². The highest BCUT2D eigenvalue weighted by Crippen LogP contribution is 2.21. The number of hydrogen-bond acceptors (Lipinski definition) is 3. The maximum atomic E-state index is 9.29. The highest BCUT2D eigenvalue weighted by molar-refractivity contribution is 5.53. The van der Waals surface area contributed by atoms with Crippen molar-refractivity contribution in [3.63, 3.8) is 0 Å². The number of rotatable bonds is 8. The van der Waals surface area contributed by atoms with Gasteiger partial charge in [-0.3, -0.25) is 0 Å². The monoisotopic (exact) mass is 278 g/mol. The van der Waals surface area contributed by atoms with Gasteiger partial charge in [0.15, 0.2) is 0 Å². The first-order chi connectivity index (χ1) is 9.48. The van der Waals surface area contributed by atoms with Crippen molar-refractivity contribution in [3.05, 3.63) is 29.8 Å². The van der Waals surface area contributed by atoms with Crippen molar-refractivity contribution < 1.29 is 5.11 Å². The zero-order chi connectivity index (χ0) is 15.0. The second-order valence-corrected chi connectivity index (χ2v) is 6.30. The second-order valence-electron chi connectivity index (χ2n) is 6.30. The fraction of sp³-hybridized carbons (Fsp3) is 0.647. The van der Waals surface area contributed by atoms with Gasteiger partial charge in [0.1, 0.15) is 0 Å². The summed E-state index contributed by atoms with van der Waals surface area (Å²) in [6.45, 7) is 11.5. The molecular weight excluding hydrogens is 248 g/mol. The van der Waals surface area contributed by atoms with Crippen LogP contribution in [-0.2, 0) is 6.54 Å². The summed E-state index contributed by atoms with van der Waals surface area (Å²) in [7, 11) is 0. The third kappa shape index (κ3) is 5.93. The van der Waals surface area contributed by atoms with Gasteiger partial charge >= 0.3 is 0 Å². The van der Waals surface area contributed by atoms with E-state index in [1.54, 1.807) is 0 Å². The minimum Gasteiger partial charge on any atom is -0.395 e. The van der Waals surface area contributed by atoms with Crippen molar-refractivity contribution in [2.24, 2.45) is 0 Å². The smallest absolute Gasteiger partial charge is 0.0606 e. The third-order valence-corrected chi connectivity index (χ3v) is 3.29. The van der Waals surface area contributed by atoms with Crippen LogP contribution in [0.2, 0.25) is 0 Å². The molecule has 0 radical (unpaired) electrons. The standard InChI is InChI=1S/C17H30N2O/c1-5-6-11-19(12-13-20)16-10-8-7-9-15(16)14-18-17(2,3)4/h7-10,18,20H,5-6,11-14H2,1-4H3. The van der Waals surface area contributed by atoms with E-state index in [2.05, 4.69) is 62.2 Å². The Morgan fingerprint density at radius 3 is 2.45 bits per heavy atom. The van der Waals surface area contributed by atoms with Crippen molar-refractivity contribution in [2.45, 2.75) is 52.6 Å². The molecule has 0 amide bonds. The van der Waals surface area contributed by atoms with Gasteiger partial charge in [0.05, 0.1) is 6.61 Å². The van der Waals surface area contributed by atoms with Gasteiger partial charge in [-0.1, -0.05) is 31.5 Å². The fourth-order valence-corrected chi connectivity index (χ4v) is 2.15. The molecule has 0 aliphatic carbocycles. The number of anilines is 1. The molecule has 0 saturated heterocycles. The maximum absolute atomic E-state index is 9.29. The van der Waals surface area contributed by atoms with Gasteiger partial charge < -0.3 is 15.3 Å². The Morgan fingerprint density at radius 1 is 1.15 bits per heavy atom. The number of unbranched alkanes of at least 4 members (excludes halogenated alkanes) is 1. The van der Waals surface area contributed by atoms with E-state index in [9.17, 15) is 5.11 Å². The van der Waals surface area contributed by atoms with E-state index in [1.165, 1.54) is 17.7 Å². The Bertz CT molecular complexity index is 385. The molecule has 1 aromatic rings. The summed E-state index contributed by atoms with van der Waals surface area (Å²) in [6.07, 6.45) is 2.32. The number of benzene rings is 1. The molecule has 0 atom stereocenters. The van der Waals surface area contributed by atoms with E-state index in [-0.39, 0.29) is 12.1 Å². The van der Waals surface area contributed by atoms with Gasteiger partial charge in [-0.25, -0.2) is 0 Å². The first kappa shape index (κ1) is 17.0. The Balaban J connectivity index is 2.84. The van der Waals surface area contributed by atoms with Crippen LogP contribution in [0, 0.1) is 0 Å². The lowest BCUT2D eigenvalue weighted by molar-refractivity contribution is 0.301. The average molecular weight is 278 g/mol. The largest absolute Gasteiger partial charge is 0.395 e. The molecule has 20 heavy (non-hydrogen) atoms. The molecule has 0 fully saturated rings. The number of aliphatic hydroxyl groups excluding tert-OH is 1. The number of hydrogen-bond donors (Lipinski definition) is 2. The molecule has 0 spiro atoms. The molecule has 0 saturated carbocycles. The summed E-state index contributed by atoms with van der Waals surface area (Å²) in [5.41, 5.74) is 2.65. The van der Waals surface area contributed by atoms with E-state index in [0.29, 0.717) is 6.54 Å². The third-order valence-electron chi connectivity index (χ3n) is 3.29. The minimum atomic E-state index is 0.109.